The van der Waals surface area contributed by atoms with Crippen LogP contribution in [0, 0.1) is 5.41 Å². The lowest BCUT2D eigenvalue weighted by Gasteiger charge is -2.29. The van der Waals surface area contributed by atoms with Crippen LogP contribution < -0.4 is 5.43 Å². The van der Waals surface area contributed by atoms with Gasteiger partial charge in [-0.05, 0) is 30.0 Å². The van der Waals surface area contributed by atoms with E-state index in [2.05, 4.69) is 4.98 Å². The van der Waals surface area contributed by atoms with E-state index < -0.39 is 0 Å². The van der Waals surface area contributed by atoms with Crippen molar-refractivity contribution in [2.45, 2.75) is 26.7 Å². The predicted octanol–water partition coefficient (Wildman–Crippen LogP) is 3.20. The minimum absolute atomic E-state index is 0.0116. The molecule has 0 saturated heterocycles. The first-order valence-electron chi connectivity index (χ1n) is 7.47. The topological polar surface area (TPSA) is 80.4 Å². The van der Waals surface area contributed by atoms with Crippen LogP contribution in [-0.4, -0.2) is 15.9 Å². The first-order valence-corrected chi connectivity index (χ1v) is 7.47. The predicted molar refractivity (Wildman–Crippen MR) is 85.9 cm³/mol. The van der Waals surface area contributed by atoms with Gasteiger partial charge in [-0.2, -0.15) is 0 Å². The zero-order valence-electron chi connectivity index (χ0n) is 12.8. The zero-order valence-corrected chi connectivity index (χ0v) is 12.8. The van der Waals surface area contributed by atoms with Crippen LogP contribution in [-0.2, 0) is 6.42 Å². The number of rotatable bonds is 0. The van der Waals surface area contributed by atoms with Gasteiger partial charge in [-0.1, -0.05) is 19.9 Å². The van der Waals surface area contributed by atoms with E-state index in [-0.39, 0.29) is 44.4 Å². The van der Waals surface area contributed by atoms with Gasteiger partial charge in [0.05, 0.1) is 11.1 Å². The Morgan fingerprint density at radius 3 is 2.78 bits per heavy atom. The molecule has 0 amide bonds. The third kappa shape index (κ3) is 2.04. The van der Waals surface area contributed by atoms with Crippen molar-refractivity contribution >= 4 is 27.9 Å². The molecular weight excluding hydrogens is 294 g/mol. The molecule has 5 nitrogen and oxygen atoms in total. The minimum Gasteiger partial charge on any atom is -0.507 e. The van der Waals surface area contributed by atoms with E-state index in [9.17, 15) is 14.7 Å². The number of fused-ring (bicyclic) bond motifs is 3. The molecule has 0 radical (unpaired) electrons. The first kappa shape index (κ1) is 13.9. The number of phenols is 1. The van der Waals surface area contributed by atoms with Crippen molar-refractivity contribution in [2.75, 3.05) is 0 Å². The number of Topliss-reactive ketones (excluding diaryl/α,β-unsaturated/α-hetero) is 1. The number of nitrogens with zero attached hydrogens (tertiary/aromatic N) is 1. The van der Waals surface area contributed by atoms with Crippen LogP contribution in [0.3, 0.4) is 0 Å². The Morgan fingerprint density at radius 2 is 2.00 bits per heavy atom. The summed E-state index contributed by atoms with van der Waals surface area (Å²) in [7, 11) is 0. The maximum Gasteiger partial charge on any atom is 0.230 e. The lowest BCUT2D eigenvalue weighted by Crippen LogP contribution is -2.28. The van der Waals surface area contributed by atoms with Gasteiger partial charge in [0.15, 0.2) is 5.78 Å². The van der Waals surface area contributed by atoms with Crippen LogP contribution in [0.1, 0.15) is 36.3 Å². The third-order valence-corrected chi connectivity index (χ3v) is 4.33. The summed E-state index contributed by atoms with van der Waals surface area (Å²) in [5.74, 6) is -0.147. The number of carbonyl (C=O) groups is 1. The summed E-state index contributed by atoms with van der Waals surface area (Å²) in [4.78, 5) is 29.5. The molecule has 0 fully saturated rings. The number of phenolic OH excluding ortho intramolecular Hbond substituents is 1. The van der Waals surface area contributed by atoms with Gasteiger partial charge in [0.1, 0.15) is 16.7 Å². The highest BCUT2D eigenvalue weighted by Gasteiger charge is 2.32. The van der Waals surface area contributed by atoms with Crippen LogP contribution in [0.4, 0.5) is 0 Å². The normalized spacial score (nSPS) is 16.7. The van der Waals surface area contributed by atoms with E-state index in [0.29, 0.717) is 24.1 Å². The standard InChI is InChI=1S/C18H15NO4/c1-18(2)7-11-9(13(21)8-18)6-10-16(22)15-12(20)4-3-5-14(15)23-17(10)19-11/h3-6,20H,7-8H2,1-2H3. The highest BCUT2D eigenvalue weighted by Crippen LogP contribution is 2.35. The van der Waals surface area contributed by atoms with E-state index >= 15 is 0 Å². The van der Waals surface area contributed by atoms with Crippen LogP contribution in [0.2, 0.25) is 0 Å². The van der Waals surface area contributed by atoms with E-state index in [1.54, 1.807) is 18.2 Å². The molecule has 0 aliphatic heterocycles. The molecule has 116 valence electrons. The molecule has 0 atom stereocenters. The molecular formula is C18H15NO4. The SMILES string of the molecule is CC1(C)CC(=O)c2cc3c(=O)c4c(O)cccc4oc3nc2C1. The highest BCUT2D eigenvalue weighted by molar-refractivity contribution is 6.02. The lowest BCUT2D eigenvalue weighted by atomic mass is 9.75. The summed E-state index contributed by atoms with van der Waals surface area (Å²) >= 11 is 0. The number of aromatic hydroxyl groups is 1. The Balaban J connectivity index is 2.11. The molecule has 1 aliphatic carbocycles. The second-order valence-corrected chi connectivity index (χ2v) is 6.86. The third-order valence-electron chi connectivity index (χ3n) is 4.33. The average Bonchev–Trinajstić information content (AvgIpc) is 2.44. The number of carbonyl (C=O) groups excluding carboxylic acids is 1. The second-order valence-electron chi connectivity index (χ2n) is 6.86. The van der Waals surface area contributed by atoms with E-state index in [1.807, 2.05) is 13.8 Å². The quantitative estimate of drug-likeness (QED) is 0.645. The van der Waals surface area contributed by atoms with Crippen molar-refractivity contribution in [1.29, 1.82) is 0 Å². The number of benzene rings is 1. The Morgan fingerprint density at radius 1 is 1.22 bits per heavy atom. The Kier molecular flexibility index (Phi) is 2.67. The first-order chi connectivity index (χ1) is 10.9. The minimum atomic E-state index is -0.368. The molecule has 0 saturated carbocycles. The summed E-state index contributed by atoms with van der Waals surface area (Å²) in [6, 6.07) is 6.22. The fourth-order valence-corrected chi connectivity index (χ4v) is 3.27. The fourth-order valence-electron chi connectivity index (χ4n) is 3.27. The molecule has 23 heavy (non-hydrogen) atoms. The van der Waals surface area contributed by atoms with Gasteiger partial charge in [-0.25, -0.2) is 4.98 Å². The van der Waals surface area contributed by atoms with Crippen molar-refractivity contribution in [3.63, 3.8) is 0 Å². The maximum atomic E-state index is 12.7. The summed E-state index contributed by atoms with van der Waals surface area (Å²) < 4.78 is 5.69. The molecule has 3 aromatic rings. The van der Waals surface area contributed by atoms with Crippen molar-refractivity contribution in [3.8, 4) is 5.75 Å². The van der Waals surface area contributed by atoms with Gasteiger partial charge in [0.25, 0.3) is 0 Å². The number of pyridine rings is 1. The molecule has 2 aromatic heterocycles. The zero-order chi connectivity index (χ0) is 16.4. The molecule has 0 spiro atoms. The largest absolute Gasteiger partial charge is 0.507 e. The molecule has 0 bridgehead atoms. The number of ketones is 1. The Bertz CT molecular complexity index is 1050. The van der Waals surface area contributed by atoms with Crippen molar-refractivity contribution in [1.82, 2.24) is 4.98 Å². The monoisotopic (exact) mass is 309 g/mol. The molecule has 0 unspecified atom stereocenters. The van der Waals surface area contributed by atoms with Crippen LogP contribution >= 0.6 is 0 Å². The average molecular weight is 309 g/mol. The van der Waals surface area contributed by atoms with Gasteiger partial charge in [0.2, 0.25) is 11.1 Å². The Labute approximate surface area is 131 Å². The summed E-state index contributed by atoms with van der Waals surface area (Å²) in [6.45, 7) is 4.04. The molecule has 1 aliphatic rings. The van der Waals surface area contributed by atoms with Gasteiger partial charge in [-0.3, -0.25) is 9.59 Å². The summed E-state index contributed by atoms with van der Waals surface area (Å²) in [5.41, 5.74) is 1.13. The number of hydrogen-bond donors (Lipinski definition) is 1. The van der Waals surface area contributed by atoms with E-state index in [4.69, 9.17) is 4.42 Å². The summed E-state index contributed by atoms with van der Waals surface area (Å²) in [6.07, 6.45) is 1.09. The van der Waals surface area contributed by atoms with Crippen molar-refractivity contribution < 1.29 is 14.3 Å². The van der Waals surface area contributed by atoms with Gasteiger partial charge < -0.3 is 9.52 Å². The molecule has 5 heteroatoms. The smallest absolute Gasteiger partial charge is 0.230 e. The van der Waals surface area contributed by atoms with Gasteiger partial charge in [0, 0.05) is 12.0 Å². The van der Waals surface area contributed by atoms with Crippen LogP contribution in [0.25, 0.3) is 22.1 Å². The van der Waals surface area contributed by atoms with Gasteiger partial charge >= 0.3 is 0 Å². The van der Waals surface area contributed by atoms with Gasteiger partial charge in [-0.15, -0.1) is 0 Å². The Hall–Kier alpha value is -2.69. The van der Waals surface area contributed by atoms with Crippen LogP contribution in [0.5, 0.6) is 5.75 Å². The molecule has 1 aromatic carbocycles. The van der Waals surface area contributed by atoms with Crippen LogP contribution in [0.15, 0.2) is 33.5 Å². The van der Waals surface area contributed by atoms with E-state index in [1.165, 1.54) is 6.07 Å². The lowest BCUT2D eigenvalue weighted by molar-refractivity contribution is 0.0910. The molecule has 2 heterocycles. The fraction of sp³-hybridized carbons (Fsp3) is 0.278. The summed E-state index contributed by atoms with van der Waals surface area (Å²) in [5, 5.41) is 10.3. The highest BCUT2D eigenvalue weighted by atomic mass is 16.3. The molecule has 1 N–H and O–H groups in total. The van der Waals surface area contributed by atoms with Crippen molar-refractivity contribution in [3.05, 3.63) is 45.7 Å². The number of aromatic nitrogens is 1. The number of hydrogen-bond acceptors (Lipinski definition) is 5. The second kappa shape index (κ2) is 4.41. The van der Waals surface area contributed by atoms with E-state index in [0.717, 1.165) is 0 Å². The maximum absolute atomic E-state index is 12.7. The van der Waals surface area contributed by atoms with Crippen molar-refractivity contribution in [2.24, 2.45) is 5.41 Å². The molecule has 4 rings (SSSR count).